The maximum Gasteiger partial charge on any atom is 0.136 e. The molecular weight excluding hydrogens is 454 g/mol. The van der Waals surface area contributed by atoms with Crippen LogP contribution >= 0.6 is 15.9 Å². The average molecular weight is 480 g/mol. The van der Waals surface area contributed by atoms with Crippen LogP contribution in [0.15, 0.2) is 53.3 Å². The molecule has 3 N–H and O–H groups in total. The Morgan fingerprint density at radius 3 is 3.00 bits per heavy atom. The topological polar surface area (TPSA) is 74.9 Å². The molecule has 1 aromatic carbocycles. The molecule has 0 aliphatic carbocycles. The molecule has 31 heavy (non-hydrogen) atoms. The molecule has 3 aromatic heterocycles. The number of hydrogen-bond acceptors (Lipinski definition) is 5. The van der Waals surface area contributed by atoms with E-state index in [-0.39, 0.29) is 0 Å². The number of hydrogen-bond donors (Lipinski definition) is 3. The van der Waals surface area contributed by atoms with Crippen LogP contribution in [0.1, 0.15) is 24.1 Å². The van der Waals surface area contributed by atoms with Crippen LogP contribution in [0, 0.1) is 0 Å². The van der Waals surface area contributed by atoms with Gasteiger partial charge in [-0.1, -0.05) is 28.1 Å². The fraction of sp³-hybridized carbons (Fsp3) is 0.333. The molecule has 0 radical (unpaired) electrons. The third-order valence-electron chi connectivity index (χ3n) is 5.70. The van der Waals surface area contributed by atoms with Gasteiger partial charge in [-0.3, -0.25) is 4.98 Å². The van der Waals surface area contributed by atoms with Crippen molar-refractivity contribution in [3.05, 3.63) is 64.5 Å². The highest BCUT2D eigenvalue weighted by Gasteiger charge is 2.15. The van der Waals surface area contributed by atoms with E-state index in [4.69, 9.17) is 9.72 Å². The number of rotatable bonds is 7. The number of morpholine rings is 1. The van der Waals surface area contributed by atoms with Gasteiger partial charge in [0.05, 0.1) is 18.2 Å². The monoisotopic (exact) mass is 479 g/mol. The summed E-state index contributed by atoms with van der Waals surface area (Å²) in [6, 6.07) is 12.6. The van der Waals surface area contributed by atoms with E-state index < -0.39 is 0 Å². The summed E-state index contributed by atoms with van der Waals surface area (Å²) in [5.41, 5.74) is 4.38. The number of pyridine rings is 2. The Balaban J connectivity index is 1.42. The zero-order chi connectivity index (χ0) is 21.0. The Morgan fingerprint density at radius 1 is 1.19 bits per heavy atom. The van der Waals surface area contributed by atoms with Gasteiger partial charge < -0.3 is 20.4 Å². The summed E-state index contributed by atoms with van der Waals surface area (Å²) >= 11 is 3.58. The highest BCUT2D eigenvalue weighted by Crippen LogP contribution is 2.33. The van der Waals surface area contributed by atoms with E-state index in [1.807, 2.05) is 12.3 Å². The van der Waals surface area contributed by atoms with Crippen LogP contribution in [-0.4, -0.2) is 47.3 Å². The minimum atomic E-state index is 0.311. The van der Waals surface area contributed by atoms with Gasteiger partial charge >= 0.3 is 0 Å². The van der Waals surface area contributed by atoms with E-state index in [9.17, 15) is 0 Å². The predicted octanol–water partition coefficient (Wildman–Crippen LogP) is 4.64. The van der Waals surface area contributed by atoms with Crippen molar-refractivity contribution < 1.29 is 4.74 Å². The number of H-pyrrole nitrogens is 1. The minimum Gasteiger partial charge on any atom is -0.376 e. The maximum atomic E-state index is 5.82. The summed E-state index contributed by atoms with van der Waals surface area (Å²) in [7, 11) is 0. The molecule has 1 aliphatic rings. The molecule has 5 rings (SSSR count). The molecule has 6 nitrogen and oxygen atoms in total. The molecule has 0 bridgehead atoms. The van der Waals surface area contributed by atoms with Crippen LogP contribution in [0.2, 0.25) is 0 Å². The van der Waals surface area contributed by atoms with Gasteiger partial charge in [-0.2, -0.15) is 0 Å². The first-order chi connectivity index (χ1) is 15.3. The van der Waals surface area contributed by atoms with E-state index in [0.717, 1.165) is 83.5 Å². The van der Waals surface area contributed by atoms with Crippen LogP contribution in [-0.2, 0) is 11.2 Å². The molecule has 4 heterocycles. The molecule has 1 fully saturated rings. The van der Waals surface area contributed by atoms with Crippen molar-refractivity contribution in [2.45, 2.75) is 25.4 Å². The average Bonchev–Trinajstić information content (AvgIpc) is 3.15. The number of nitrogens with one attached hydrogen (secondary N) is 3. The molecule has 0 saturated carbocycles. The molecule has 0 amide bonds. The molecule has 7 heteroatoms. The summed E-state index contributed by atoms with van der Waals surface area (Å²) in [5.74, 6) is 0.938. The molecule has 160 valence electrons. The van der Waals surface area contributed by atoms with Crippen molar-refractivity contribution in [3.8, 4) is 0 Å². The third kappa shape index (κ3) is 4.74. The number of aromatic nitrogens is 3. The van der Waals surface area contributed by atoms with Gasteiger partial charge in [-0.05, 0) is 42.7 Å². The van der Waals surface area contributed by atoms with Gasteiger partial charge in [0.25, 0.3) is 0 Å². The lowest BCUT2D eigenvalue weighted by Crippen LogP contribution is -2.38. The Hall–Kier alpha value is -2.48. The number of nitrogens with zero attached hydrogens (tertiary/aromatic N) is 2. The van der Waals surface area contributed by atoms with Crippen LogP contribution < -0.4 is 10.6 Å². The SMILES string of the molecule is Brc1ccc2c(c1)[nH]c1cc(Cc3cccnc3)nc(NCCCC3CNCCO3)c12. The first-order valence-electron chi connectivity index (χ1n) is 10.8. The van der Waals surface area contributed by atoms with Crippen molar-refractivity contribution in [1.82, 2.24) is 20.3 Å². The van der Waals surface area contributed by atoms with Gasteiger partial charge in [0.2, 0.25) is 0 Å². The summed E-state index contributed by atoms with van der Waals surface area (Å²) in [5, 5.41) is 9.34. The van der Waals surface area contributed by atoms with Crippen LogP contribution in [0.25, 0.3) is 21.8 Å². The highest BCUT2D eigenvalue weighted by atomic mass is 79.9. The molecule has 4 aromatic rings. The summed E-state index contributed by atoms with van der Waals surface area (Å²) in [4.78, 5) is 12.8. The fourth-order valence-electron chi connectivity index (χ4n) is 4.22. The Bertz CT molecular complexity index is 1170. The number of fused-ring (bicyclic) bond motifs is 3. The third-order valence-corrected chi connectivity index (χ3v) is 6.19. The summed E-state index contributed by atoms with van der Waals surface area (Å²) in [6.07, 6.45) is 6.84. The first-order valence-corrected chi connectivity index (χ1v) is 11.6. The van der Waals surface area contributed by atoms with Gasteiger partial charge in [-0.25, -0.2) is 4.98 Å². The van der Waals surface area contributed by atoms with E-state index in [1.54, 1.807) is 6.20 Å². The largest absolute Gasteiger partial charge is 0.376 e. The molecule has 1 aliphatic heterocycles. The lowest BCUT2D eigenvalue weighted by atomic mass is 10.1. The van der Waals surface area contributed by atoms with Crippen molar-refractivity contribution in [2.75, 3.05) is 31.6 Å². The van der Waals surface area contributed by atoms with Crippen molar-refractivity contribution >= 4 is 43.6 Å². The number of ether oxygens (including phenoxy) is 1. The zero-order valence-electron chi connectivity index (χ0n) is 17.3. The van der Waals surface area contributed by atoms with E-state index in [0.29, 0.717) is 6.10 Å². The number of anilines is 1. The first kappa shape index (κ1) is 20.4. The fourth-order valence-corrected chi connectivity index (χ4v) is 4.59. The Labute approximate surface area is 189 Å². The van der Waals surface area contributed by atoms with Gasteiger partial charge in [0.15, 0.2) is 0 Å². The predicted molar refractivity (Wildman–Crippen MR) is 129 cm³/mol. The second kappa shape index (κ2) is 9.34. The smallest absolute Gasteiger partial charge is 0.136 e. The second-order valence-electron chi connectivity index (χ2n) is 8.00. The summed E-state index contributed by atoms with van der Waals surface area (Å²) < 4.78 is 6.88. The van der Waals surface area contributed by atoms with Gasteiger partial charge in [0.1, 0.15) is 5.82 Å². The Morgan fingerprint density at radius 2 is 2.16 bits per heavy atom. The van der Waals surface area contributed by atoms with Crippen LogP contribution in [0.5, 0.6) is 0 Å². The number of aromatic amines is 1. The molecule has 1 saturated heterocycles. The van der Waals surface area contributed by atoms with E-state index in [2.05, 4.69) is 66.9 Å². The van der Waals surface area contributed by atoms with Crippen molar-refractivity contribution in [2.24, 2.45) is 0 Å². The van der Waals surface area contributed by atoms with E-state index >= 15 is 0 Å². The maximum absolute atomic E-state index is 5.82. The van der Waals surface area contributed by atoms with E-state index in [1.165, 1.54) is 5.39 Å². The highest BCUT2D eigenvalue weighted by molar-refractivity contribution is 9.10. The normalized spacial score (nSPS) is 16.7. The van der Waals surface area contributed by atoms with Gasteiger partial charge in [-0.15, -0.1) is 0 Å². The molecule has 0 spiro atoms. The second-order valence-corrected chi connectivity index (χ2v) is 8.92. The van der Waals surface area contributed by atoms with Crippen molar-refractivity contribution in [3.63, 3.8) is 0 Å². The Kier molecular flexibility index (Phi) is 6.15. The molecular formula is C24H26BrN5O. The molecule has 1 atom stereocenters. The van der Waals surface area contributed by atoms with Crippen LogP contribution in [0.3, 0.4) is 0 Å². The standard InChI is InChI=1S/C24H26BrN5O/c25-17-5-6-20-21(12-17)30-22-13-18(11-16-3-1-7-26-14-16)29-24(23(20)22)28-8-2-4-19-15-27-9-10-31-19/h1,3,5-7,12-14,19,27,30H,2,4,8-11,15H2,(H,28,29). The number of halogens is 1. The van der Waals surface area contributed by atoms with Crippen molar-refractivity contribution in [1.29, 1.82) is 0 Å². The van der Waals surface area contributed by atoms with Crippen LogP contribution in [0.4, 0.5) is 5.82 Å². The quantitative estimate of drug-likeness (QED) is 0.336. The molecule has 1 unspecified atom stereocenters. The van der Waals surface area contributed by atoms with Gasteiger partial charge in [0, 0.05) is 64.9 Å². The zero-order valence-corrected chi connectivity index (χ0v) is 18.9. The lowest BCUT2D eigenvalue weighted by Gasteiger charge is -2.23. The minimum absolute atomic E-state index is 0.311. The number of benzene rings is 1. The lowest BCUT2D eigenvalue weighted by molar-refractivity contribution is 0.0230. The summed E-state index contributed by atoms with van der Waals surface area (Å²) in [6.45, 7) is 3.57.